The number of carboxylic acid groups (broad SMARTS) is 1. The van der Waals surface area contributed by atoms with E-state index < -0.39 is 11.4 Å². The maximum absolute atomic E-state index is 11.1. The van der Waals surface area contributed by atoms with Crippen molar-refractivity contribution in [3.8, 4) is 0 Å². The molecule has 1 aliphatic rings. The third-order valence-electron chi connectivity index (χ3n) is 2.87. The number of allylic oxidation sites excluding steroid dienone is 3. The lowest BCUT2D eigenvalue weighted by molar-refractivity contribution is -0.146. The Morgan fingerprint density at radius 3 is 2.86 bits per heavy atom. The van der Waals surface area contributed by atoms with Gasteiger partial charge in [0.15, 0.2) is 0 Å². The van der Waals surface area contributed by atoms with Gasteiger partial charge in [-0.15, -0.1) is 0 Å². The van der Waals surface area contributed by atoms with Crippen molar-refractivity contribution in [2.45, 2.75) is 20.3 Å². The normalized spacial score (nSPS) is 31.4. The summed E-state index contributed by atoms with van der Waals surface area (Å²) in [6.45, 7) is 3.71. The van der Waals surface area contributed by atoms with Crippen LogP contribution < -0.4 is 0 Å². The number of carboxylic acids is 1. The van der Waals surface area contributed by atoms with Gasteiger partial charge in [0.25, 0.3) is 0 Å². The lowest BCUT2D eigenvalue weighted by Crippen LogP contribution is -2.33. The molecule has 2 unspecified atom stereocenters. The van der Waals surface area contributed by atoms with Crippen LogP contribution in [0.4, 0.5) is 0 Å². The summed E-state index contributed by atoms with van der Waals surface area (Å²) in [6.07, 6.45) is 6.76. The second-order valence-electron chi connectivity index (χ2n) is 3.89. The molecular weight excluding hydrogens is 244 g/mol. The highest BCUT2D eigenvalue weighted by atomic mass is 79.9. The first-order valence-corrected chi connectivity index (χ1v) is 5.82. The zero-order valence-electron chi connectivity index (χ0n) is 8.46. The first-order valence-electron chi connectivity index (χ1n) is 4.70. The molecule has 0 fully saturated rings. The fraction of sp³-hybridized carbons (Fsp3) is 0.545. The average Bonchev–Trinajstić information content (AvgIpc) is 2.12. The van der Waals surface area contributed by atoms with Gasteiger partial charge in [-0.05, 0) is 19.3 Å². The number of halogens is 1. The molecule has 1 rings (SSSR count). The molecule has 14 heavy (non-hydrogen) atoms. The minimum Gasteiger partial charge on any atom is -0.481 e. The van der Waals surface area contributed by atoms with E-state index in [0.717, 1.165) is 17.3 Å². The zero-order chi connectivity index (χ0) is 10.8. The number of carbonyl (C=O) groups is 1. The number of rotatable bonds is 3. The van der Waals surface area contributed by atoms with Gasteiger partial charge in [-0.3, -0.25) is 4.79 Å². The molecule has 0 aromatic rings. The van der Waals surface area contributed by atoms with Crippen molar-refractivity contribution >= 4 is 21.9 Å². The van der Waals surface area contributed by atoms with Gasteiger partial charge in [0.2, 0.25) is 0 Å². The maximum Gasteiger partial charge on any atom is 0.313 e. The molecule has 0 amide bonds. The van der Waals surface area contributed by atoms with Crippen molar-refractivity contribution in [2.75, 3.05) is 5.33 Å². The van der Waals surface area contributed by atoms with E-state index in [2.05, 4.69) is 15.9 Å². The quantitative estimate of drug-likeness (QED) is 0.791. The third-order valence-corrected chi connectivity index (χ3v) is 3.27. The predicted molar refractivity (Wildman–Crippen MR) is 60.5 cm³/mol. The van der Waals surface area contributed by atoms with Crippen LogP contribution in [-0.2, 0) is 4.79 Å². The Balaban J connectivity index is 2.95. The molecule has 0 aliphatic heterocycles. The smallest absolute Gasteiger partial charge is 0.313 e. The van der Waals surface area contributed by atoms with Gasteiger partial charge < -0.3 is 5.11 Å². The van der Waals surface area contributed by atoms with Gasteiger partial charge in [-0.2, -0.15) is 0 Å². The Labute approximate surface area is 92.8 Å². The molecule has 0 spiro atoms. The number of hydrogen-bond donors (Lipinski definition) is 1. The molecule has 0 aromatic heterocycles. The summed E-state index contributed by atoms with van der Waals surface area (Å²) in [5, 5.41) is 10.0. The first-order chi connectivity index (χ1) is 6.50. The minimum atomic E-state index is -0.749. The highest BCUT2D eigenvalue weighted by Gasteiger charge is 2.37. The molecule has 1 N–H and O–H groups in total. The Kier molecular flexibility index (Phi) is 3.53. The maximum atomic E-state index is 11.1. The van der Waals surface area contributed by atoms with E-state index in [1.54, 1.807) is 6.92 Å². The van der Waals surface area contributed by atoms with Crippen molar-refractivity contribution in [1.82, 2.24) is 0 Å². The second-order valence-corrected chi connectivity index (χ2v) is 4.69. The van der Waals surface area contributed by atoms with Gasteiger partial charge >= 0.3 is 5.97 Å². The molecule has 2 atom stereocenters. The minimum absolute atomic E-state index is 0.0547. The summed E-state index contributed by atoms with van der Waals surface area (Å²) in [6, 6.07) is 0. The molecular formula is C11H15BrO2. The summed E-state index contributed by atoms with van der Waals surface area (Å²) < 4.78 is 0. The van der Waals surface area contributed by atoms with Gasteiger partial charge in [0.1, 0.15) is 0 Å². The van der Waals surface area contributed by atoms with Crippen LogP contribution in [0.25, 0.3) is 0 Å². The number of aliphatic carboxylic acids is 1. The lowest BCUT2D eigenvalue weighted by atomic mass is 9.73. The van der Waals surface area contributed by atoms with Crippen molar-refractivity contribution in [1.29, 1.82) is 0 Å². The third kappa shape index (κ3) is 2.08. The Bertz CT molecular complexity index is 294. The highest BCUT2D eigenvalue weighted by Crippen LogP contribution is 2.36. The Morgan fingerprint density at radius 1 is 1.71 bits per heavy atom. The predicted octanol–water partition coefficient (Wildman–Crippen LogP) is 2.99. The van der Waals surface area contributed by atoms with Gasteiger partial charge in [0, 0.05) is 5.33 Å². The van der Waals surface area contributed by atoms with Gasteiger partial charge in [0.05, 0.1) is 5.41 Å². The van der Waals surface area contributed by atoms with Gasteiger partial charge in [-0.1, -0.05) is 46.7 Å². The van der Waals surface area contributed by atoms with E-state index in [9.17, 15) is 4.79 Å². The van der Waals surface area contributed by atoms with E-state index in [1.165, 1.54) is 0 Å². The van der Waals surface area contributed by atoms with Crippen molar-refractivity contribution in [3.63, 3.8) is 0 Å². The fourth-order valence-electron chi connectivity index (χ4n) is 1.55. The lowest BCUT2D eigenvalue weighted by Gasteiger charge is -2.30. The summed E-state index contributed by atoms with van der Waals surface area (Å²) in [7, 11) is 0. The summed E-state index contributed by atoms with van der Waals surface area (Å²) in [5.74, 6) is -0.694. The fourth-order valence-corrected chi connectivity index (χ4v) is 2.01. The number of hydrogen-bond acceptors (Lipinski definition) is 1. The molecule has 1 aliphatic carbocycles. The standard InChI is InChI=1S/C11H15BrO2/c1-8-3-4-9(5-6-12)7-11(8,2)10(13)14/h3-4,7-8H,5-6H2,1-2H3,(H,13,14). The molecule has 2 nitrogen and oxygen atoms in total. The highest BCUT2D eigenvalue weighted by molar-refractivity contribution is 9.09. The monoisotopic (exact) mass is 258 g/mol. The van der Waals surface area contributed by atoms with E-state index in [-0.39, 0.29) is 5.92 Å². The first kappa shape index (κ1) is 11.5. The topological polar surface area (TPSA) is 37.3 Å². The summed E-state index contributed by atoms with van der Waals surface area (Å²) >= 11 is 3.35. The molecule has 0 saturated heterocycles. The average molecular weight is 259 g/mol. The second kappa shape index (κ2) is 4.30. The van der Waals surface area contributed by atoms with E-state index in [0.29, 0.717) is 0 Å². The van der Waals surface area contributed by atoms with Crippen molar-refractivity contribution < 1.29 is 9.90 Å². The van der Waals surface area contributed by atoms with Crippen LogP contribution in [0, 0.1) is 11.3 Å². The van der Waals surface area contributed by atoms with Crippen LogP contribution in [0.1, 0.15) is 20.3 Å². The van der Waals surface area contributed by atoms with Crippen LogP contribution >= 0.6 is 15.9 Å². The summed E-state index contributed by atoms with van der Waals surface area (Å²) in [4.78, 5) is 11.1. The molecule has 0 aromatic carbocycles. The van der Waals surface area contributed by atoms with Crippen LogP contribution in [0.3, 0.4) is 0 Å². The van der Waals surface area contributed by atoms with Crippen LogP contribution in [0.5, 0.6) is 0 Å². The zero-order valence-corrected chi connectivity index (χ0v) is 10.0. The van der Waals surface area contributed by atoms with Crippen LogP contribution in [0.2, 0.25) is 0 Å². The molecule has 3 heteroatoms. The van der Waals surface area contributed by atoms with E-state index >= 15 is 0 Å². The molecule has 78 valence electrons. The number of alkyl halides is 1. The summed E-state index contributed by atoms with van der Waals surface area (Å²) in [5.41, 5.74) is 0.358. The van der Waals surface area contributed by atoms with E-state index in [4.69, 9.17) is 5.11 Å². The Morgan fingerprint density at radius 2 is 2.36 bits per heavy atom. The molecule has 0 heterocycles. The van der Waals surface area contributed by atoms with Crippen LogP contribution in [-0.4, -0.2) is 16.4 Å². The van der Waals surface area contributed by atoms with Crippen molar-refractivity contribution in [3.05, 3.63) is 23.8 Å². The molecule has 0 bridgehead atoms. The SMILES string of the molecule is CC1C=CC(CCBr)=CC1(C)C(=O)O. The van der Waals surface area contributed by atoms with E-state index in [1.807, 2.05) is 25.2 Å². The largest absolute Gasteiger partial charge is 0.481 e. The van der Waals surface area contributed by atoms with Crippen molar-refractivity contribution in [2.24, 2.45) is 11.3 Å². The Hall–Kier alpha value is -0.570. The van der Waals surface area contributed by atoms with Gasteiger partial charge in [-0.25, -0.2) is 0 Å². The molecule has 0 saturated carbocycles. The molecule has 0 radical (unpaired) electrons. The van der Waals surface area contributed by atoms with Crippen LogP contribution in [0.15, 0.2) is 23.8 Å².